The van der Waals surface area contributed by atoms with Crippen LogP contribution in [0, 0.1) is 5.92 Å². The number of nitrogens with two attached hydrogens (primary N) is 2. The first-order valence-electron chi connectivity index (χ1n) is 15.2. The Labute approximate surface area is 261 Å². The van der Waals surface area contributed by atoms with E-state index in [9.17, 15) is 24.3 Å². The van der Waals surface area contributed by atoms with Crippen LogP contribution in [-0.4, -0.2) is 85.0 Å². The van der Waals surface area contributed by atoms with Crippen molar-refractivity contribution in [3.05, 3.63) is 30.1 Å². The van der Waals surface area contributed by atoms with Crippen molar-refractivity contribution >= 4 is 51.4 Å². The topological polar surface area (TPSA) is 208 Å². The molecule has 3 atom stereocenters. The second kappa shape index (κ2) is 13.9. The molecule has 7 N–H and O–H groups in total. The van der Waals surface area contributed by atoms with Crippen LogP contribution in [0.2, 0.25) is 0 Å². The number of carbonyl (C=O) groups excluding carboxylic acids is 4. The first-order valence-corrected chi connectivity index (χ1v) is 15.2. The van der Waals surface area contributed by atoms with E-state index >= 15 is 0 Å². The molecule has 14 nitrogen and oxygen atoms in total. The number of rotatable bonds is 13. The highest BCUT2D eigenvalue weighted by Gasteiger charge is 2.38. The van der Waals surface area contributed by atoms with Crippen LogP contribution in [0.5, 0.6) is 0 Å². The third kappa shape index (κ3) is 7.75. The van der Waals surface area contributed by atoms with Crippen LogP contribution in [0.3, 0.4) is 0 Å². The maximum absolute atomic E-state index is 13.8. The molecule has 0 radical (unpaired) electrons. The molecule has 0 unspecified atom stereocenters. The smallest absolute Gasteiger partial charge is 0.248 e. The Morgan fingerprint density at radius 2 is 1.89 bits per heavy atom. The molecule has 1 saturated heterocycles. The molecule has 0 spiro atoms. The molecule has 4 amide bonds. The molecule has 0 saturated carbocycles. The van der Waals surface area contributed by atoms with Crippen molar-refractivity contribution in [3.8, 4) is 0 Å². The Morgan fingerprint density at radius 3 is 2.53 bits per heavy atom. The minimum atomic E-state index is -1.15. The normalized spacial score (nSPS) is 16.7. The number of benzene rings is 1. The van der Waals surface area contributed by atoms with Crippen molar-refractivity contribution in [1.82, 2.24) is 24.8 Å². The molecule has 1 aliphatic rings. The molecule has 0 aliphatic carbocycles. The summed E-state index contributed by atoms with van der Waals surface area (Å²) in [6.07, 6.45) is 0.634. The fraction of sp³-hybridized carbons (Fsp3) is 0.548. The van der Waals surface area contributed by atoms with Gasteiger partial charge in [0.25, 0.3) is 0 Å². The number of amides is 4. The van der Waals surface area contributed by atoms with Gasteiger partial charge in [-0.2, -0.15) is 0 Å². The summed E-state index contributed by atoms with van der Waals surface area (Å²) in [5.41, 5.74) is 11.7. The Hall–Kier alpha value is -4.14. The molecule has 4 rings (SSSR count). The highest BCUT2D eigenvalue weighted by molar-refractivity contribution is 6.10. The Balaban J connectivity index is 1.66. The number of ether oxygens (including phenoxy) is 1. The number of nitrogens with one attached hydrogen (secondary N) is 2. The maximum atomic E-state index is 13.8. The highest BCUT2D eigenvalue weighted by atomic mass is 16.5. The van der Waals surface area contributed by atoms with Crippen LogP contribution >= 0.6 is 0 Å². The molecule has 14 heteroatoms. The third-order valence-electron chi connectivity index (χ3n) is 7.71. The first-order chi connectivity index (χ1) is 21.2. The number of hydrogen-bond donors (Lipinski definition) is 5. The summed E-state index contributed by atoms with van der Waals surface area (Å²) in [4.78, 5) is 62.3. The standard InChI is InChI=1S/C31H44N8O6/c1-6-45-15-23-35-25-26(39(23)16-31(4,5)44)18-10-7-8-11-20(18)34-27(25)37-29(42)24(17(2)3)36-28(41)21-12-9-13-38(21)30(43)19(32)14-22(33)40/h7-8,10-11,17,19,21,24,44H,6,9,12-16,32H2,1-5H3,(H2,33,40)(H,36,41)(H,34,37,42)/t19-,21-,24-/m0/s1. The lowest BCUT2D eigenvalue weighted by molar-refractivity contribution is -0.141. The highest BCUT2D eigenvalue weighted by Crippen LogP contribution is 2.32. The van der Waals surface area contributed by atoms with Crippen LogP contribution in [0.25, 0.3) is 21.9 Å². The van der Waals surface area contributed by atoms with E-state index < -0.39 is 47.4 Å². The lowest BCUT2D eigenvalue weighted by atomic mass is 10.0. The average Bonchev–Trinajstić information content (AvgIpc) is 3.58. The SMILES string of the molecule is CCOCc1nc2c(NC(=O)[C@@H](NC(=O)[C@@H]3CCCN3C(=O)[C@@H](N)CC(N)=O)C(C)C)nc3ccccc3c2n1CC(C)(C)O. The van der Waals surface area contributed by atoms with E-state index in [1.165, 1.54) is 4.90 Å². The quantitative estimate of drug-likeness (QED) is 0.185. The van der Waals surface area contributed by atoms with Crippen molar-refractivity contribution in [2.24, 2.45) is 17.4 Å². The van der Waals surface area contributed by atoms with Crippen molar-refractivity contribution in [2.45, 2.75) is 90.8 Å². The summed E-state index contributed by atoms with van der Waals surface area (Å²) in [6, 6.07) is 4.49. The predicted octanol–water partition coefficient (Wildman–Crippen LogP) is 1.16. The van der Waals surface area contributed by atoms with Gasteiger partial charge in [-0.3, -0.25) is 19.2 Å². The number of carbonyl (C=O) groups is 4. The second-order valence-electron chi connectivity index (χ2n) is 12.4. The third-order valence-corrected chi connectivity index (χ3v) is 7.71. The van der Waals surface area contributed by atoms with Crippen LogP contribution in [-0.2, 0) is 37.1 Å². The number of likely N-dealkylation sites (tertiary alicyclic amines) is 1. The summed E-state index contributed by atoms with van der Waals surface area (Å²) in [6.45, 7) is 10.1. The van der Waals surface area contributed by atoms with E-state index in [4.69, 9.17) is 26.2 Å². The first kappa shape index (κ1) is 33.7. The second-order valence-corrected chi connectivity index (χ2v) is 12.4. The monoisotopic (exact) mass is 624 g/mol. The number of para-hydroxylation sites is 1. The van der Waals surface area contributed by atoms with Gasteiger partial charge in [-0.25, -0.2) is 9.97 Å². The van der Waals surface area contributed by atoms with E-state index in [0.29, 0.717) is 48.4 Å². The number of nitrogens with zero attached hydrogens (tertiary/aromatic N) is 4. The maximum Gasteiger partial charge on any atom is 0.248 e. The van der Waals surface area contributed by atoms with Crippen molar-refractivity contribution in [1.29, 1.82) is 0 Å². The molecular formula is C31H44N8O6. The van der Waals surface area contributed by atoms with Gasteiger partial charge in [0.15, 0.2) is 5.82 Å². The number of pyridine rings is 1. The molecule has 2 aromatic heterocycles. The number of primary amides is 1. The number of aromatic nitrogens is 3. The number of hydrogen-bond acceptors (Lipinski definition) is 9. The van der Waals surface area contributed by atoms with Gasteiger partial charge in [0.1, 0.15) is 30.0 Å². The zero-order valence-corrected chi connectivity index (χ0v) is 26.5. The summed E-state index contributed by atoms with van der Waals surface area (Å²) < 4.78 is 7.57. The molecule has 1 fully saturated rings. The zero-order valence-electron chi connectivity index (χ0n) is 26.5. The zero-order chi connectivity index (χ0) is 33.1. The molecule has 3 aromatic rings. The fourth-order valence-electron chi connectivity index (χ4n) is 5.63. The molecule has 45 heavy (non-hydrogen) atoms. The number of fused-ring (bicyclic) bond motifs is 3. The number of aliphatic hydroxyl groups is 1. The summed E-state index contributed by atoms with van der Waals surface area (Å²) in [7, 11) is 0. The lowest BCUT2D eigenvalue weighted by Crippen LogP contribution is -2.56. The summed E-state index contributed by atoms with van der Waals surface area (Å²) in [5.74, 6) is -1.80. The van der Waals surface area contributed by atoms with E-state index in [2.05, 4.69) is 10.6 Å². The van der Waals surface area contributed by atoms with Crippen molar-refractivity contribution in [3.63, 3.8) is 0 Å². The van der Waals surface area contributed by atoms with E-state index in [-0.39, 0.29) is 31.3 Å². The van der Waals surface area contributed by atoms with E-state index in [1.807, 2.05) is 35.8 Å². The van der Waals surface area contributed by atoms with Crippen molar-refractivity contribution in [2.75, 3.05) is 18.5 Å². The van der Waals surface area contributed by atoms with Gasteiger partial charge < -0.3 is 41.4 Å². The molecular weight excluding hydrogens is 580 g/mol. The Bertz CT molecular complexity index is 1580. The van der Waals surface area contributed by atoms with Gasteiger partial charge >= 0.3 is 0 Å². The molecule has 1 aliphatic heterocycles. The predicted molar refractivity (Wildman–Crippen MR) is 169 cm³/mol. The van der Waals surface area contributed by atoms with E-state index in [1.54, 1.807) is 27.7 Å². The van der Waals surface area contributed by atoms with Gasteiger partial charge in [-0.05, 0) is 45.6 Å². The van der Waals surface area contributed by atoms with Crippen LogP contribution in [0.1, 0.15) is 59.7 Å². The van der Waals surface area contributed by atoms with Gasteiger partial charge in [-0.15, -0.1) is 0 Å². The largest absolute Gasteiger partial charge is 0.389 e. The molecule has 3 heterocycles. The molecule has 0 bridgehead atoms. The van der Waals surface area contributed by atoms with Gasteiger partial charge in [0, 0.05) is 18.5 Å². The minimum absolute atomic E-state index is 0.188. The minimum Gasteiger partial charge on any atom is -0.389 e. The number of imidazole rings is 1. The Kier molecular flexibility index (Phi) is 10.4. The summed E-state index contributed by atoms with van der Waals surface area (Å²) >= 11 is 0. The fourth-order valence-corrected chi connectivity index (χ4v) is 5.63. The van der Waals surface area contributed by atoms with Crippen LogP contribution < -0.4 is 22.1 Å². The Morgan fingerprint density at radius 1 is 1.18 bits per heavy atom. The van der Waals surface area contributed by atoms with Gasteiger partial charge in [0.05, 0.1) is 35.6 Å². The van der Waals surface area contributed by atoms with Crippen molar-refractivity contribution < 1.29 is 29.0 Å². The lowest BCUT2D eigenvalue weighted by Gasteiger charge is -2.29. The molecule has 1 aromatic carbocycles. The van der Waals surface area contributed by atoms with Gasteiger partial charge in [0.2, 0.25) is 23.6 Å². The molecule has 244 valence electrons. The van der Waals surface area contributed by atoms with Crippen LogP contribution in [0.15, 0.2) is 24.3 Å². The summed E-state index contributed by atoms with van der Waals surface area (Å²) in [5, 5.41) is 17.3. The van der Waals surface area contributed by atoms with Crippen LogP contribution in [0.4, 0.5) is 5.82 Å². The van der Waals surface area contributed by atoms with Gasteiger partial charge in [-0.1, -0.05) is 32.0 Å². The number of anilines is 1. The van der Waals surface area contributed by atoms with E-state index in [0.717, 1.165) is 5.39 Å². The average molecular weight is 625 g/mol.